The number of carbonyl (C=O) groups excluding carboxylic acids is 1. The lowest BCUT2D eigenvalue weighted by Crippen LogP contribution is -2.04. The fourth-order valence-corrected chi connectivity index (χ4v) is 1.71. The van der Waals surface area contributed by atoms with Crippen LogP contribution in [-0.2, 0) is 0 Å². The number of halogens is 1. The summed E-state index contributed by atoms with van der Waals surface area (Å²) in [5.74, 6) is -0.338. The molecular formula is C8H7IN2O3. The number of nitro benzene ring substituents is 1. The molecule has 0 bridgehead atoms. The molecule has 0 fully saturated rings. The van der Waals surface area contributed by atoms with Crippen LogP contribution in [0.1, 0.15) is 17.3 Å². The molecule has 6 heteroatoms. The summed E-state index contributed by atoms with van der Waals surface area (Å²) in [6.45, 7) is 1.29. The maximum atomic E-state index is 11.1. The van der Waals surface area contributed by atoms with Crippen LogP contribution in [0.5, 0.6) is 0 Å². The Morgan fingerprint density at radius 2 is 2.14 bits per heavy atom. The van der Waals surface area contributed by atoms with E-state index in [1.165, 1.54) is 19.1 Å². The van der Waals surface area contributed by atoms with E-state index in [1.54, 1.807) is 22.6 Å². The topological polar surface area (TPSA) is 86.2 Å². The standard InChI is InChI=1S/C8H7IN2O3/c1-4(12)5-2-3-6(10)7(9)8(5)11(13)14/h2-3H,10H2,1H3. The molecule has 0 aliphatic carbocycles. The summed E-state index contributed by atoms with van der Waals surface area (Å²) >= 11 is 1.76. The van der Waals surface area contributed by atoms with E-state index >= 15 is 0 Å². The minimum absolute atomic E-state index is 0.0913. The third kappa shape index (κ3) is 1.84. The zero-order valence-corrected chi connectivity index (χ0v) is 9.44. The summed E-state index contributed by atoms with van der Waals surface area (Å²) in [7, 11) is 0. The summed E-state index contributed by atoms with van der Waals surface area (Å²) in [6, 6.07) is 2.86. The number of anilines is 1. The molecule has 0 unspecified atom stereocenters. The fraction of sp³-hybridized carbons (Fsp3) is 0.125. The molecule has 1 rings (SSSR count). The second-order valence-corrected chi connectivity index (χ2v) is 3.76. The highest BCUT2D eigenvalue weighted by molar-refractivity contribution is 14.1. The summed E-state index contributed by atoms with van der Waals surface area (Å²) in [5.41, 5.74) is 5.69. The van der Waals surface area contributed by atoms with Crippen LogP contribution in [0.4, 0.5) is 11.4 Å². The molecule has 74 valence electrons. The van der Waals surface area contributed by atoms with E-state index in [-0.39, 0.29) is 17.0 Å². The molecule has 1 aromatic rings. The molecule has 0 amide bonds. The van der Waals surface area contributed by atoms with Gasteiger partial charge in [-0.3, -0.25) is 14.9 Å². The van der Waals surface area contributed by atoms with Crippen molar-refractivity contribution in [3.8, 4) is 0 Å². The number of carbonyl (C=O) groups is 1. The van der Waals surface area contributed by atoms with Crippen molar-refractivity contribution in [1.82, 2.24) is 0 Å². The third-order valence-electron chi connectivity index (χ3n) is 1.71. The van der Waals surface area contributed by atoms with Gasteiger partial charge in [-0.2, -0.15) is 0 Å². The summed E-state index contributed by atoms with van der Waals surface area (Å²) < 4.78 is 0.306. The molecule has 0 saturated heterocycles. The number of ketones is 1. The average molecular weight is 306 g/mol. The number of hydrogen-bond acceptors (Lipinski definition) is 4. The summed E-state index contributed by atoms with van der Waals surface area (Å²) in [5, 5.41) is 10.7. The summed E-state index contributed by atoms with van der Waals surface area (Å²) in [4.78, 5) is 21.2. The van der Waals surface area contributed by atoms with Gasteiger partial charge in [0.1, 0.15) is 3.57 Å². The molecule has 0 aliphatic heterocycles. The van der Waals surface area contributed by atoms with Crippen molar-refractivity contribution in [2.75, 3.05) is 5.73 Å². The number of nitrogen functional groups attached to an aromatic ring is 1. The minimum Gasteiger partial charge on any atom is -0.398 e. The molecular weight excluding hydrogens is 299 g/mol. The quantitative estimate of drug-likeness (QED) is 0.298. The van der Waals surface area contributed by atoms with Crippen molar-refractivity contribution >= 4 is 39.7 Å². The maximum absolute atomic E-state index is 11.1. The van der Waals surface area contributed by atoms with Gasteiger partial charge in [-0.25, -0.2) is 0 Å². The molecule has 1 aromatic carbocycles. The Balaban J connectivity index is 3.53. The van der Waals surface area contributed by atoms with Crippen LogP contribution >= 0.6 is 22.6 Å². The van der Waals surface area contributed by atoms with Crippen LogP contribution in [0.25, 0.3) is 0 Å². The normalized spacial score (nSPS) is 9.86. The Bertz CT molecular complexity index is 417. The van der Waals surface area contributed by atoms with E-state index in [0.29, 0.717) is 9.26 Å². The van der Waals surface area contributed by atoms with Gasteiger partial charge in [0.2, 0.25) is 0 Å². The predicted octanol–water partition coefficient (Wildman–Crippen LogP) is 1.98. The zero-order valence-electron chi connectivity index (χ0n) is 7.28. The lowest BCUT2D eigenvalue weighted by molar-refractivity contribution is -0.386. The van der Waals surface area contributed by atoms with Gasteiger partial charge in [0.25, 0.3) is 5.69 Å². The lowest BCUT2D eigenvalue weighted by Gasteiger charge is -2.03. The van der Waals surface area contributed by atoms with Gasteiger partial charge in [-0.1, -0.05) is 0 Å². The Hall–Kier alpha value is -1.18. The Morgan fingerprint density at radius 3 is 2.57 bits per heavy atom. The van der Waals surface area contributed by atoms with Gasteiger partial charge >= 0.3 is 0 Å². The number of nitrogens with two attached hydrogens (primary N) is 1. The van der Waals surface area contributed by atoms with Gasteiger partial charge in [0, 0.05) is 0 Å². The van der Waals surface area contributed by atoms with Gasteiger partial charge in [-0.05, 0) is 41.6 Å². The first-order valence-electron chi connectivity index (χ1n) is 3.68. The fourth-order valence-electron chi connectivity index (χ4n) is 1.04. The average Bonchev–Trinajstić information content (AvgIpc) is 2.08. The SMILES string of the molecule is CC(=O)c1ccc(N)c(I)c1[N+](=O)[O-]. The van der Waals surface area contributed by atoms with Crippen molar-refractivity contribution < 1.29 is 9.72 Å². The smallest absolute Gasteiger partial charge is 0.295 e. The van der Waals surface area contributed by atoms with Gasteiger partial charge < -0.3 is 5.73 Å². The van der Waals surface area contributed by atoms with E-state index in [0.717, 1.165) is 0 Å². The van der Waals surface area contributed by atoms with Gasteiger partial charge in [-0.15, -0.1) is 0 Å². The van der Waals surface area contributed by atoms with E-state index in [2.05, 4.69) is 0 Å². The molecule has 0 atom stereocenters. The lowest BCUT2D eigenvalue weighted by atomic mass is 10.1. The molecule has 2 N–H and O–H groups in total. The van der Waals surface area contributed by atoms with Crippen LogP contribution in [0.15, 0.2) is 12.1 Å². The Morgan fingerprint density at radius 1 is 1.57 bits per heavy atom. The number of nitrogens with zero attached hydrogens (tertiary/aromatic N) is 1. The van der Waals surface area contributed by atoms with Crippen LogP contribution < -0.4 is 5.73 Å². The number of rotatable bonds is 2. The maximum Gasteiger partial charge on any atom is 0.295 e. The number of Topliss-reactive ketones (excluding diaryl/α,β-unsaturated/α-hetero) is 1. The molecule has 0 aliphatic rings. The van der Waals surface area contributed by atoms with E-state index in [4.69, 9.17) is 5.73 Å². The largest absolute Gasteiger partial charge is 0.398 e. The van der Waals surface area contributed by atoms with Gasteiger partial charge in [0.05, 0.1) is 16.2 Å². The number of nitro groups is 1. The molecule has 0 aromatic heterocycles. The van der Waals surface area contributed by atoms with E-state index < -0.39 is 4.92 Å². The second kappa shape index (κ2) is 3.91. The van der Waals surface area contributed by atoms with Crippen molar-refractivity contribution in [3.05, 3.63) is 31.4 Å². The zero-order chi connectivity index (χ0) is 10.9. The molecule has 0 radical (unpaired) electrons. The number of benzene rings is 1. The monoisotopic (exact) mass is 306 g/mol. The first-order chi connectivity index (χ1) is 6.45. The highest BCUT2D eigenvalue weighted by atomic mass is 127. The van der Waals surface area contributed by atoms with E-state index in [1.807, 2.05) is 0 Å². The first kappa shape index (κ1) is 10.9. The van der Waals surface area contributed by atoms with Crippen LogP contribution in [0, 0.1) is 13.7 Å². The third-order valence-corrected chi connectivity index (χ3v) is 2.84. The van der Waals surface area contributed by atoms with Crippen molar-refractivity contribution in [2.45, 2.75) is 6.92 Å². The molecule has 14 heavy (non-hydrogen) atoms. The van der Waals surface area contributed by atoms with Crippen LogP contribution in [0.2, 0.25) is 0 Å². The highest BCUT2D eigenvalue weighted by Crippen LogP contribution is 2.30. The highest BCUT2D eigenvalue weighted by Gasteiger charge is 2.22. The van der Waals surface area contributed by atoms with E-state index in [9.17, 15) is 14.9 Å². The second-order valence-electron chi connectivity index (χ2n) is 2.68. The van der Waals surface area contributed by atoms with Crippen LogP contribution in [0.3, 0.4) is 0 Å². The van der Waals surface area contributed by atoms with Crippen molar-refractivity contribution in [2.24, 2.45) is 0 Å². The molecule has 0 saturated carbocycles. The first-order valence-corrected chi connectivity index (χ1v) is 4.76. The Labute approximate surface area is 93.6 Å². The van der Waals surface area contributed by atoms with Crippen LogP contribution in [-0.4, -0.2) is 10.7 Å². The van der Waals surface area contributed by atoms with Crippen molar-refractivity contribution in [3.63, 3.8) is 0 Å². The van der Waals surface area contributed by atoms with Gasteiger partial charge in [0.15, 0.2) is 5.78 Å². The molecule has 5 nitrogen and oxygen atoms in total. The summed E-state index contributed by atoms with van der Waals surface area (Å²) in [6.07, 6.45) is 0. The Kier molecular flexibility index (Phi) is 3.04. The molecule has 0 heterocycles. The molecule has 0 spiro atoms. The number of hydrogen-bond donors (Lipinski definition) is 1. The predicted molar refractivity (Wildman–Crippen MR) is 60.2 cm³/mol. The van der Waals surface area contributed by atoms with Crippen molar-refractivity contribution in [1.29, 1.82) is 0 Å². The minimum atomic E-state index is -0.588.